The van der Waals surface area contributed by atoms with Crippen LogP contribution in [0.4, 0.5) is 0 Å². The second-order valence-corrected chi connectivity index (χ2v) is 7.53. The van der Waals surface area contributed by atoms with Crippen molar-refractivity contribution in [1.29, 1.82) is 0 Å². The Labute approximate surface area is 138 Å². The van der Waals surface area contributed by atoms with Gasteiger partial charge < -0.3 is 14.5 Å². The second kappa shape index (κ2) is 5.91. The number of aromatic amines is 2. The first-order valence-corrected chi connectivity index (χ1v) is 8.91. The predicted molar refractivity (Wildman–Crippen MR) is 88.4 cm³/mol. The van der Waals surface area contributed by atoms with Gasteiger partial charge in [0, 0.05) is 11.6 Å². The Hall–Kier alpha value is -2.39. The fourth-order valence-corrected chi connectivity index (χ4v) is 3.92. The first kappa shape index (κ1) is 16.5. The van der Waals surface area contributed by atoms with Crippen LogP contribution in [-0.2, 0) is 16.4 Å². The largest absolute Gasteiger partial charge is 0.361 e. The summed E-state index contributed by atoms with van der Waals surface area (Å²) in [5.41, 5.74) is 2.28. The molecule has 2 heterocycles. The summed E-state index contributed by atoms with van der Waals surface area (Å²) < 4.78 is 32.8. The second-order valence-electron chi connectivity index (χ2n) is 5.82. The predicted octanol–water partition coefficient (Wildman–Crippen LogP) is 1.37. The molecule has 0 amide bonds. The molecule has 128 valence electrons. The summed E-state index contributed by atoms with van der Waals surface area (Å²) in [6, 6.07) is 4.10. The minimum atomic E-state index is -3.71. The van der Waals surface area contributed by atoms with Gasteiger partial charge in [-0.1, -0.05) is 5.16 Å². The van der Waals surface area contributed by atoms with Crippen molar-refractivity contribution in [3.63, 3.8) is 0 Å². The van der Waals surface area contributed by atoms with Gasteiger partial charge in [0.1, 0.15) is 5.76 Å². The van der Waals surface area contributed by atoms with E-state index in [9.17, 15) is 13.2 Å². The zero-order valence-corrected chi connectivity index (χ0v) is 14.3. The number of H-pyrrole nitrogens is 2. The van der Waals surface area contributed by atoms with Crippen LogP contribution >= 0.6 is 0 Å². The van der Waals surface area contributed by atoms with Gasteiger partial charge in [0.15, 0.2) is 0 Å². The van der Waals surface area contributed by atoms with Crippen LogP contribution in [0.2, 0.25) is 0 Å². The van der Waals surface area contributed by atoms with Gasteiger partial charge in [-0.05, 0) is 45.4 Å². The molecule has 3 aromatic rings. The van der Waals surface area contributed by atoms with Crippen LogP contribution in [0.1, 0.15) is 23.9 Å². The maximum Gasteiger partial charge on any atom is 0.323 e. The van der Waals surface area contributed by atoms with Gasteiger partial charge in [0.2, 0.25) is 10.0 Å². The number of aryl methyl sites for hydroxylation is 2. The molecule has 0 bridgehead atoms. The van der Waals surface area contributed by atoms with Gasteiger partial charge in [-0.15, -0.1) is 0 Å². The summed E-state index contributed by atoms with van der Waals surface area (Å²) in [5, 5.41) is 3.87. The van der Waals surface area contributed by atoms with Crippen molar-refractivity contribution in [3.8, 4) is 0 Å². The molecule has 0 saturated carbocycles. The van der Waals surface area contributed by atoms with Crippen molar-refractivity contribution in [2.45, 2.75) is 38.1 Å². The Bertz CT molecular complexity index is 1030. The molecule has 24 heavy (non-hydrogen) atoms. The van der Waals surface area contributed by atoms with E-state index in [1.807, 2.05) is 6.92 Å². The van der Waals surface area contributed by atoms with E-state index in [4.69, 9.17) is 4.52 Å². The number of benzene rings is 1. The molecule has 1 unspecified atom stereocenters. The van der Waals surface area contributed by atoms with Crippen molar-refractivity contribution in [1.82, 2.24) is 19.8 Å². The van der Waals surface area contributed by atoms with E-state index in [1.165, 1.54) is 12.1 Å². The van der Waals surface area contributed by atoms with Crippen LogP contribution in [0.15, 0.2) is 32.4 Å². The van der Waals surface area contributed by atoms with E-state index in [2.05, 4.69) is 19.8 Å². The standard InChI is InChI=1S/C15H18N4O4S/c1-8(6-12-9(2)18-23-10(12)3)19-24(21,22)11-4-5-13-14(7-11)17-15(20)16-13/h4-5,7-8,19H,6H2,1-3H3,(H2,16,17,20). The summed E-state index contributed by atoms with van der Waals surface area (Å²) in [4.78, 5) is 16.5. The maximum absolute atomic E-state index is 12.5. The lowest BCUT2D eigenvalue weighted by Crippen LogP contribution is -2.34. The highest BCUT2D eigenvalue weighted by Gasteiger charge is 2.20. The number of aromatic nitrogens is 3. The lowest BCUT2D eigenvalue weighted by Gasteiger charge is -2.14. The Morgan fingerprint density at radius 1 is 1.25 bits per heavy atom. The summed E-state index contributed by atoms with van der Waals surface area (Å²) in [5.74, 6) is 0.685. The minimum absolute atomic E-state index is 0.0934. The highest BCUT2D eigenvalue weighted by Crippen LogP contribution is 2.18. The van der Waals surface area contributed by atoms with E-state index in [0.29, 0.717) is 23.2 Å². The lowest BCUT2D eigenvalue weighted by atomic mass is 10.1. The zero-order chi connectivity index (χ0) is 17.5. The smallest absolute Gasteiger partial charge is 0.323 e. The molecule has 3 rings (SSSR count). The average Bonchev–Trinajstić information content (AvgIpc) is 3.01. The van der Waals surface area contributed by atoms with E-state index < -0.39 is 10.0 Å². The van der Waals surface area contributed by atoms with Crippen LogP contribution < -0.4 is 10.4 Å². The number of nitrogens with zero attached hydrogens (tertiary/aromatic N) is 1. The van der Waals surface area contributed by atoms with Crippen molar-refractivity contribution >= 4 is 21.1 Å². The van der Waals surface area contributed by atoms with Crippen LogP contribution in [0.25, 0.3) is 11.0 Å². The highest BCUT2D eigenvalue weighted by molar-refractivity contribution is 7.89. The number of hydrogen-bond donors (Lipinski definition) is 3. The Balaban J connectivity index is 1.82. The van der Waals surface area contributed by atoms with Crippen LogP contribution in [0.5, 0.6) is 0 Å². The molecular formula is C15H18N4O4S. The zero-order valence-electron chi connectivity index (χ0n) is 13.5. The third-order valence-electron chi connectivity index (χ3n) is 3.85. The summed E-state index contributed by atoms with van der Waals surface area (Å²) in [6.07, 6.45) is 0.476. The third kappa shape index (κ3) is 3.13. The van der Waals surface area contributed by atoms with Gasteiger partial charge in [0.05, 0.1) is 21.6 Å². The number of sulfonamides is 1. The minimum Gasteiger partial charge on any atom is -0.361 e. The first-order chi connectivity index (χ1) is 11.3. The number of fused-ring (bicyclic) bond motifs is 1. The van der Waals surface area contributed by atoms with Crippen molar-refractivity contribution in [2.75, 3.05) is 0 Å². The van der Waals surface area contributed by atoms with Crippen molar-refractivity contribution in [2.24, 2.45) is 0 Å². The SMILES string of the molecule is Cc1noc(C)c1CC(C)NS(=O)(=O)c1ccc2[nH]c(=O)[nH]c2c1. The van der Waals surface area contributed by atoms with Gasteiger partial charge >= 0.3 is 5.69 Å². The quantitative estimate of drug-likeness (QED) is 0.642. The van der Waals surface area contributed by atoms with Gasteiger partial charge in [-0.3, -0.25) is 0 Å². The topological polar surface area (TPSA) is 121 Å². The summed E-state index contributed by atoms with van der Waals surface area (Å²) in [7, 11) is -3.71. The van der Waals surface area contributed by atoms with E-state index in [0.717, 1.165) is 11.3 Å². The first-order valence-electron chi connectivity index (χ1n) is 7.42. The third-order valence-corrected chi connectivity index (χ3v) is 5.43. The molecule has 0 radical (unpaired) electrons. The Morgan fingerprint density at radius 3 is 2.62 bits per heavy atom. The molecule has 2 aromatic heterocycles. The molecule has 3 N–H and O–H groups in total. The van der Waals surface area contributed by atoms with E-state index >= 15 is 0 Å². The number of hydrogen-bond acceptors (Lipinski definition) is 5. The monoisotopic (exact) mass is 350 g/mol. The molecule has 1 atom stereocenters. The normalized spacial score (nSPS) is 13.5. The fourth-order valence-electron chi connectivity index (χ4n) is 2.65. The highest BCUT2D eigenvalue weighted by atomic mass is 32.2. The molecule has 0 saturated heterocycles. The van der Waals surface area contributed by atoms with Crippen molar-refractivity contribution in [3.05, 3.63) is 45.7 Å². The van der Waals surface area contributed by atoms with Crippen LogP contribution in [-0.4, -0.2) is 29.6 Å². The van der Waals surface area contributed by atoms with E-state index in [-0.39, 0.29) is 16.6 Å². The molecular weight excluding hydrogens is 332 g/mol. The van der Waals surface area contributed by atoms with Crippen molar-refractivity contribution < 1.29 is 12.9 Å². The van der Waals surface area contributed by atoms with E-state index in [1.54, 1.807) is 19.9 Å². The number of nitrogens with one attached hydrogen (secondary N) is 3. The molecule has 0 fully saturated rings. The molecule has 0 spiro atoms. The lowest BCUT2D eigenvalue weighted by molar-refractivity contribution is 0.392. The Kier molecular flexibility index (Phi) is 4.06. The van der Waals surface area contributed by atoms with Crippen LogP contribution in [0, 0.1) is 13.8 Å². The number of imidazole rings is 1. The number of rotatable bonds is 5. The van der Waals surface area contributed by atoms with Gasteiger partial charge in [-0.25, -0.2) is 17.9 Å². The summed E-state index contributed by atoms with van der Waals surface area (Å²) in [6.45, 7) is 5.40. The summed E-state index contributed by atoms with van der Waals surface area (Å²) >= 11 is 0. The van der Waals surface area contributed by atoms with Crippen LogP contribution in [0.3, 0.4) is 0 Å². The fraction of sp³-hybridized carbons (Fsp3) is 0.333. The molecule has 1 aromatic carbocycles. The average molecular weight is 350 g/mol. The molecule has 0 aliphatic carbocycles. The van der Waals surface area contributed by atoms with Gasteiger partial charge in [-0.2, -0.15) is 0 Å². The molecule has 0 aliphatic rings. The molecule has 0 aliphatic heterocycles. The maximum atomic E-state index is 12.5. The van der Waals surface area contributed by atoms with Gasteiger partial charge in [0.25, 0.3) is 0 Å². The molecule has 9 heteroatoms. The Morgan fingerprint density at radius 2 is 1.96 bits per heavy atom. The molecule has 8 nitrogen and oxygen atoms in total.